The largest absolute Gasteiger partial charge is 0.497 e. The highest BCUT2D eigenvalue weighted by Crippen LogP contribution is 2.33. The van der Waals surface area contributed by atoms with Crippen LogP contribution < -0.4 is 9.64 Å². The number of nitro groups is 1. The average Bonchev–Trinajstić information content (AvgIpc) is 3.39. The number of nitrogens with zero attached hydrogens (tertiary/aromatic N) is 4. The van der Waals surface area contributed by atoms with Crippen LogP contribution in [0.15, 0.2) is 59.3 Å². The molecule has 4 rings (SSSR count). The summed E-state index contributed by atoms with van der Waals surface area (Å²) >= 11 is 1.32. The highest BCUT2D eigenvalue weighted by molar-refractivity contribution is 7.22. The van der Waals surface area contributed by atoms with Gasteiger partial charge in [-0.3, -0.25) is 24.8 Å². The maximum atomic E-state index is 13.1. The molecule has 10 heteroatoms. The number of furan rings is 1. The van der Waals surface area contributed by atoms with E-state index in [1.807, 2.05) is 18.2 Å². The molecule has 1 aromatic carbocycles. The normalized spacial score (nSPS) is 10.8. The Bertz CT molecular complexity index is 1190. The van der Waals surface area contributed by atoms with E-state index in [1.165, 1.54) is 22.3 Å². The van der Waals surface area contributed by atoms with Crippen molar-refractivity contribution in [1.82, 2.24) is 9.97 Å². The second-order valence-corrected chi connectivity index (χ2v) is 6.99. The molecule has 0 aliphatic rings. The number of ether oxygens (including phenoxy) is 1. The number of benzene rings is 1. The fourth-order valence-electron chi connectivity index (χ4n) is 2.71. The van der Waals surface area contributed by atoms with Crippen LogP contribution >= 0.6 is 11.3 Å². The van der Waals surface area contributed by atoms with Crippen molar-refractivity contribution in [3.05, 3.63) is 76.3 Å². The first kappa shape index (κ1) is 18.6. The minimum absolute atomic E-state index is 0.141. The summed E-state index contributed by atoms with van der Waals surface area (Å²) in [6, 6.07) is 11.5. The molecule has 9 nitrogen and oxygen atoms in total. The van der Waals surface area contributed by atoms with Crippen molar-refractivity contribution >= 4 is 38.5 Å². The zero-order valence-electron chi connectivity index (χ0n) is 15.1. The molecule has 0 unspecified atom stereocenters. The van der Waals surface area contributed by atoms with Gasteiger partial charge in [0.1, 0.15) is 10.7 Å². The Morgan fingerprint density at radius 3 is 2.86 bits per heavy atom. The second-order valence-electron chi connectivity index (χ2n) is 5.98. The molecule has 0 aliphatic carbocycles. The summed E-state index contributed by atoms with van der Waals surface area (Å²) in [6.45, 7) is 0.179. The molecule has 0 spiro atoms. The van der Waals surface area contributed by atoms with Crippen LogP contribution in [0.3, 0.4) is 0 Å². The molecule has 0 saturated carbocycles. The summed E-state index contributed by atoms with van der Waals surface area (Å²) in [7, 11) is 1.57. The van der Waals surface area contributed by atoms with E-state index in [1.54, 1.807) is 31.6 Å². The number of thiazole rings is 1. The Morgan fingerprint density at radius 2 is 2.17 bits per heavy atom. The van der Waals surface area contributed by atoms with Crippen LogP contribution in [0.2, 0.25) is 0 Å². The molecule has 1 amide bonds. The molecule has 3 heterocycles. The molecular formula is C19H14N4O5S. The molecule has 146 valence electrons. The molecule has 29 heavy (non-hydrogen) atoms. The van der Waals surface area contributed by atoms with Crippen LogP contribution in [0.1, 0.15) is 16.1 Å². The Balaban J connectivity index is 1.75. The minimum atomic E-state index is -0.688. The molecule has 0 aliphatic heterocycles. The van der Waals surface area contributed by atoms with Crippen molar-refractivity contribution < 1.29 is 18.9 Å². The van der Waals surface area contributed by atoms with Crippen LogP contribution in [0.5, 0.6) is 5.75 Å². The van der Waals surface area contributed by atoms with Gasteiger partial charge in [-0.05, 0) is 29.8 Å². The smallest absolute Gasteiger partial charge is 0.433 e. The maximum absolute atomic E-state index is 13.1. The number of amides is 1. The average molecular weight is 410 g/mol. The van der Waals surface area contributed by atoms with Crippen LogP contribution in [0, 0.1) is 10.1 Å². The lowest BCUT2D eigenvalue weighted by atomic mass is 10.2. The predicted octanol–water partition coefficient (Wildman–Crippen LogP) is 4.05. The number of rotatable bonds is 6. The third kappa shape index (κ3) is 3.78. The number of anilines is 1. The number of carbonyl (C=O) groups is 1. The summed E-state index contributed by atoms with van der Waals surface area (Å²) in [5.74, 6) is -0.518. The van der Waals surface area contributed by atoms with Crippen molar-refractivity contribution in [2.45, 2.75) is 6.54 Å². The van der Waals surface area contributed by atoms with Gasteiger partial charge in [0, 0.05) is 18.5 Å². The first-order valence-electron chi connectivity index (χ1n) is 8.45. The number of hydrogen-bond donors (Lipinski definition) is 0. The lowest BCUT2D eigenvalue weighted by Crippen LogP contribution is -2.30. The number of pyridine rings is 1. The van der Waals surface area contributed by atoms with Crippen LogP contribution in [0.4, 0.5) is 11.0 Å². The number of hydrogen-bond acceptors (Lipinski definition) is 8. The van der Waals surface area contributed by atoms with Gasteiger partial charge in [0.05, 0.1) is 29.9 Å². The lowest BCUT2D eigenvalue weighted by Gasteiger charge is -2.18. The Hall–Kier alpha value is -3.79. The van der Waals surface area contributed by atoms with E-state index in [-0.39, 0.29) is 12.3 Å². The third-order valence-electron chi connectivity index (χ3n) is 4.11. The highest BCUT2D eigenvalue weighted by atomic mass is 32.1. The molecular weight excluding hydrogens is 396 g/mol. The topological polar surface area (TPSA) is 112 Å². The van der Waals surface area contributed by atoms with Gasteiger partial charge in [-0.25, -0.2) is 4.98 Å². The van der Waals surface area contributed by atoms with Gasteiger partial charge in [-0.1, -0.05) is 17.4 Å². The standard InChI is InChI=1S/C19H14N4O5S/c1-27-13-4-6-16-14(9-13)21-19(29-16)22(11-12-3-2-8-20-10-12)18(24)15-5-7-17(28-15)23(25)26/h2-10H,11H2,1H3. The number of carbonyl (C=O) groups excluding carboxylic acids is 1. The fraction of sp³-hybridized carbons (Fsp3) is 0.105. The van der Waals surface area contributed by atoms with Gasteiger partial charge in [0.2, 0.25) is 0 Å². The van der Waals surface area contributed by atoms with Crippen LogP contribution in [-0.2, 0) is 6.54 Å². The molecule has 0 bridgehead atoms. The van der Waals surface area contributed by atoms with E-state index in [4.69, 9.17) is 9.15 Å². The maximum Gasteiger partial charge on any atom is 0.433 e. The number of aromatic nitrogens is 2. The summed E-state index contributed by atoms with van der Waals surface area (Å²) in [6.07, 6.45) is 3.27. The lowest BCUT2D eigenvalue weighted by molar-refractivity contribution is -0.402. The SMILES string of the molecule is COc1ccc2sc(N(Cc3cccnc3)C(=O)c3ccc([N+](=O)[O-])o3)nc2c1. The second kappa shape index (κ2) is 7.68. The number of methoxy groups -OCH3 is 1. The highest BCUT2D eigenvalue weighted by Gasteiger charge is 2.26. The predicted molar refractivity (Wildman–Crippen MR) is 106 cm³/mol. The monoisotopic (exact) mass is 410 g/mol. The van der Waals surface area contributed by atoms with E-state index >= 15 is 0 Å². The minimum Gasteiger partial charge on any atom is -0.497 e. The van der Waals surface area contributed by atoms with Crippen LogP contribution in [0.25, 0.3) is 10.2 Å². The zero-order chi connectivity index (χ0) is 20.4. The van der Waals surface area contributed by atoms with E-state index in [0.29, 0.717) is 16.4 Å². The van der Waals surface area contributed by atoms with E-state index < -0.39 is 16.7 Å². The Morgan fingerprint density at radius 1 is 1.31 bits per heavy atom. The quantitative estimate of drug-likeness (QED) is 0.348. The van der Waals surface area contributed by atoms with Crippen molar-refractivity contribution in [3.8, 4) is 5.75 Å². The van der Waals surface area contributed by atoms with E-state index in [2.05, 4.69) is 9.97 Å². The Labute approximate surface area is 168 Å². The van der Waals surface area contributed by atoms with Crippen molar-refractivity contribution in [2.24, 2.45) is 0 Å². The van der Waals surface area contributed by atoms with Gasteiger partial charge in [0.15, 0.2) is 10.9 Å². The fourth-order valence-corrected chi connectivity index (χ4v) is 3.66. The first-order valence-corrected chi connectivity index (χ1v) is 9.26. The molecule has 0 N–H and O–H groups in total. The summed E-state index contributed by atoms with van der Waals surface area (Å²) in [4.78, 5) is 33.4. The van der Waals surface area contributed by atoms with Gasteiger partial charge in [-0.15, -0.1) is 0 Å². The summed E-state index contributed by atoms with van der Waals surface area (Å²) in [5, 5.41) is 11.3. The van der Waals surface area contributed by atoms with Gasteiger partial charge in [-0.2, -0.15) is 0 Å². The summed E-state index contributed by atoms with van der Waals surface area (Å²) < 4.78 is 11.2. The molecule has 0 saturated heterocycles. The van der Waals surface area contributed by atoms with Gasteiger partial charge < -0.3 is 9.15 Å². The molecule has 0 radical (unpaired) electrons. The Kier molecular flexibility index (Phi) is 4.92. The molecule has 3 aromatic heterocycles. The summed E-state index contributed by atoms with van der Waals surface area (Å²) in [5.41, 5.74) is 1.46. The van der Waals surface area contributed by atoms with E-state index in [9.17, 15) is 14.9 Å². The van der Waals surface area contributed by atoms with Crippen molar-refractivity contribution in [1.29, 1.82) is 0 Å². The van der Waals surface area contributed by atoms with Crippen LogP contribution in [-0.4, -0.2) is 27.9 Å². The molecule has 4 aromatic rings. The van der Waals surface area contributed by atoms with Gasteiger partial charge >= 0.3 is 5.88 Å². The van der Waals surface area contributed by atoms with Gasteiger partial charge in [0.25, 0.3) is 5.91 Å². The molecule has 0 atom stereocenters. The van der Waals surface area contributed by atoms with Crippen molar-refractivity contribution in [3.63, 3.8) is 0 Å². The zero-order valence-corrected chi connectivity index (χ0v) is 16.0. The van der Waals surface area contributed by atoms with Crippen molar-refractivity contribution in [2.75, 3.05) is 12.0 Å². The van der Waals surface area contributed by atoms with E-state index in [0.717, 1.165) is 16.3 Å². The first-order chi connectivity index (χ1) is 14.0. The molecule has 0 fully saturated rings. The number of fused-ring (bicyclic) bond motifs is 1. The third-order valence-corrected chi connectivity index (χ3v) is 5.16.